The number of rotatable bonds is 1. The number of Topliss-reactive ketones (excluding diaryl/α,β-unsaturated/α-hetero) is 1. The molecule has 2 heteroatoms. The lowest BCUT2D eigenvalue weighted by molar-refractivity contribution is -0.135. The Balaban J connectivity index is 1.55. The fourth-order valence-corrected chi connectivity index (χ4v) is 7.05. The average molecular weight is 304 g/mol. The zero-order valence-corrected chi connectivity index (χ0v) is 14.3. The molecule has 22 heavy (non-hydrogen) atoms. The molecule has 0 bridgehead atoms. The molecule has 124 valence electrons. The summed E-state index contributed by atoms with van der Waals surface area (Å²) < 4.78 is 0. The van der Waals surface area contributed by atoms with Crippen molar-refractivity contribution < 1.29 is 9.90 Å². The van der Waals surface area contributed by atoms with Crippen LogP contribution in [-0.2, 0) is 4.79 Å². The Morgan fingerprint density at radius 3 is 2.59 bits per heavy atom. The van der Waals surface area contributed by atoms with Crippen molar-refractivity contribution >= 4 is 5.78 Å². The molecule has 2 nitrogen and oxygen atoms in total. The van der Waals surface area contributed by atoms with Gasteiger partial charge in [-0.2, -0.15) is 0 Å². The Morgan fingerprint density at radius 1 is 1.05 bits per heavy atom. The second-order valence-corrected chi connectivity index (χ2v) is 9.17. The van der Waals surface area contributed by atoms with Crippen LogP contribution in [0.5, 0.6) is 0 Å². The summed E-state index contributed by atoms with van der Waals surface area (Å²) in [6, 6.07) is 0. The van der Waals surface area contributed by atoms with Gasteiger partial charge >= 0.3 is 0 Å². The van der Waals surface area contributed by atoms with Gasteiger partial charge in [0.15, 0.2) is 0 Å². The lowest BCUT2D eigenvalue weighted by Gasteiger charge is -2.56. The van der Waals surface area contributed by atoms with Crippen molar-refractivity contribution in [3.8, 4) is 0 Å². The second-order valence-electron chi connectivity index (χ2n) is 9.17. The molecular formula is C20H32O2. The summed E-state index contributed by atoms with van der Waals surface area (Å²) in [7, 11) is 0. The first-order chi connectivity index (χ1) is 10.5. The van der Waals surface area contributed by atoms with Crippen LogP contribution in [0.2, 0.25) is 0 Å². The zero-order valence-electron chi connectivity index (χ0n) is 14.3. The number of aliphatic hydroxyl groups is 1. The van der Waals surface area contributed by atoms with E-state index >= 15 is 0 Å². The van der Waals surface area contributed by atoms with Gasteiger partial charge in [0, 0.05) is 11.8 Å². The summed E-state index contributed by atoms with van der Waals surface area (Å²) in [4.78, 5) is 12.4. The summed E-state index contributed by atoms with van der Waals surface area (Å²) in [5, 5.41) is 10.7. The van der Waals surface area contributed by atoms with Gasteiger partial charge in [-0.3, -0.25) is 4.79 Å². The Labute approximate surface area is 135 Å². The Hall–Kier alpha value is -0.370. The maximum Gasteiger partial charge on any atom is 0.139 e. The zero-order chi connectivity index (χ0) is 15.5. The fourth-order valence-electron chi connectivity index (χ4n) is 7.05. The molecule has 1 N–H and O–H groups in total. The normalized spacial score (nSPS) is 54.5. The molecular weight excluding hydrogens is 272 g/mol. The van der Waals surface area contributed by atoms with E-state index in [0.29, 0.717) is 11.7 Å². The van der Waals surface area contributed by atoms with Crippen LogP contribution in [0.15, 0.2) is 0 Å². The summed E-state index contributed by atoms with van der Waals surface area (Å²) in [5.41, 5.74) is -0.354. The third-order valence-corrected chi connectivity index (χ3v) is 8.47. The van der Waals surface area contributed by atoms with E-state index in [9.17, 15) is 9.90 Å². The van der Waals surface area contributed by atoms with E-state index in [4.69, 9.17) is 0 Å². The molecule has 0 aromatic heterocycles. The molecule has 0 amide bonds. The van der Waals surface area contributed by atoms with Crippen molar-refractivity contribution in [3.63, 3.8) is 0 Å². The Bertz CT molecular complexity index is 472. The summed E-state index contributed by atoms with van der Waals surface area (Å²) in [6.07, 6.45) is 11.2. The molecule has 0 aromatic rings. The molecule has 0 saturated heterocycles. The van der Waals surface area contributed by atoms with Crippen LogP contribution in [0.3, 0.4) is 0 Å². The molecule has 4 fully saturated rings. The van der Waals surface area contributed by atoms with Crippen molar-refractivity contribution in [1.29, 1.82) is 0 Å². The second kappa shape index (κ2) is 5.06. The van der Waals surface area contributed by atoms with Crippen LogP contribution in [0.1, 0.15) is 78.1 Å². The highest BCUT2D eigenvalue weighted by atomic mass is 16.3. The standard InChI is InChI=1S/C20H32O2/c1-3-20(22)11-9-14-13(12-20)4-5-16-15(14)8-10-19(2)17(16)6-7-18(19)21/h13-17,22H,3-12H2,1-2H3/t13-,14?,15?,16+,17?,19-,20-/m0/s1. The van der Waals surface area contributed by atoms with E-state index in [1.807, 2.05) is 0 Å². The SMILES string of the molecule is CC[C@]1(O)CCC2C3CC[C@]4(C)C(=O)CCC4[C@@H]3CC[C@H]2C1. The van der Waals surface area contributed by atoms with Gasteiger partial charge in [0.2, 0.25) is 0 Å². The van der Waals surface area contributed by atoms with E-state index < -0.39 is 0 Å². The molecule has 4 saturated carbocycles. The maximum atomic E-state index is 12.4. The number of carbonyl (C=O) groups is 1. The molecule has 0 radical (unpaired) electrons. The van der Waals surface area contributed by atoms with Crippen LogP contribution >= 0.6 is 0 Å². The highest BCUT2D eigenvalue weighted by Gasteiger charge is 2.57. The molecule has 4 aliphatic rings. The molecule has 7 atom stereocenters. The van der Waals surface area contributed by atoms with Crippen LogP contribution in [0.4, 0.5) is 0 Å². The van der Waals surface area contributed by atoms with Gasteiger partial charge in [-0.1, -0.05) is 13.8 Å². The summed E-state index contributed by atoms with van der Waals surface area (Å²) in [6.45, 7) is 4.41. The van der Waals surface area contributed by atoms with Crippen molar-refractivity contribution in [2.45, 2.75) is 83.7 Å². The number of hydrogen-bond donors (Lipinski definition) is 1. The van der Waals surface area contributed by atoms with Crippen LogP contribution in [0, 0.1) is 35.0 Å². The minimum absolute atomic E-state index is 0.0207. The lowest BCUT2D eigenvalue weighted by Crippen LogP contribution is -2.50. The molecule has 0 heterocycles. The Morgan fingerprint density at radius 2 is 1.82 bits per heavy atom. The third-order valence-electron chi connectivity index (χ3n) is 8.47. The summed E-state index contributed by atoms with van der Waals surface area (Å²) in [5.74, 6) is 4.48. The van der Waals surface area contributed by atoms with E-state index in [0.717, 1.165) is 62.2 Å². The van der Waals surface area contributed by atoms with Crippen LogP contribution in [0.25, 0.3) is 0 Å². The van der Waals surface area contributed by atoms with Gasteiger partial charge < -0.3 is 5.11 Å². The van der Waals surface area contributed by atoms with E-state index in [2.05, 4.69) is 13.8 Å². The van der Waals surface area contributed by atoms with Gasteiger partial charge in [0.1, 0.15) is 5.78 Å². The van der Waals surface area contributed by atoms with Crippen molar-refractivity contribution in [3.05, 3.63) is 0 Å². The molecule has 3 unspecified atom stereocenters. The first-order valence-electron chi connectivity index (χ1n) is 9.72. The quantitative estimate of drug-likeness (QED) is 0.782. The lowest BCUT2D eigenvalue weighted by atomic mass is 9.49. The van der Waals surface area contributed by atoms with E-state index in [1.165, 1.54) is 25.7 Å². The van der Waals surface area contributed by atoms with Gasteiger partial charge in [0.25, 0.3) is 0 Å². The maximum absolute atomic E-state index is 12.4. The minimum Gasteiger partial charge on any atom is -0.390 e. The third kappa shape index (κ3) is 2.05. The predicted molar refractivity (Wildman–Crippen MR) is 87.4 cm³/mol. The Kier molecular flexibility index (Phi) is 3.49. The average Bonchev–Trinajstić information content (AvgIpc) is 2.82. The number of carbonyl (C=O) groups excluding carboxylic acids is 1. The number of fused-ring (bicyclic) bond motifs is 5. The van der Waals surface area contributed by atoms with E-state index in [1.54, 1.807) is 0 Å². The van der Waals surface area contributed by atoms with Gasteiger partial charge in [-0.15, -0.1) is 0 Å². The van der Waals surface area contributed by atoms with Crippen molar-refractivity contribution in [2.75, 3.05) is 0 Å². The predicted octanol–water partition coefficient (Wildman–Crippen LogP) is 4.35. The van der Waals surface area contributed by atoms with Crippen LogP contribution in [-0.4, -0.2) is 16.5 Å². The smallest absolute Gasteiger partial charge is 0.139 e. The topological polar surface area (TPSA) is 37.3 Å². The number of hydrogen-bond acceptors (Lipinski definition) is 2. The fraction of sp³-hybridized carbons (Fsp3) is 0.950. The van der Waals surface area contributed by atoms with Gasteiger partial charge in [-0.05, 0) is 87.4 Å². The van der Waals surface area contributed by atoms with Gasteiger partial charge in [-0.25, -0.2) is 0 Å². The molecule has 0 aliphatic heterocycles. The highest BCUT2D eigenvalue weighted by Crippen LogP contribution is 2.62. The summed E-state index contributed by atoms with van der Waals surface area (Å²) >= 11 is 0. The minimum atomic E-state index is -0.374. The highest BCUT2D eigenvalue weighted by molar-refractivity contribution is 5.87. The first-order valence-corrected chi connectivity index (χ1v) is 9.72. The van der Waals surface area contributed by atoms with Gasteiger partial charge in [0.05, 0.1) is 5.60 Å². The molecule has 0 aromatic carbocycles. The monoisotopic (exact) mass is 304 g/mol. The number of ketones is 1. The first kappa shape index (κ1) is 15.2. The van der Waals surface area contributed by atoms with Crippen molar-refractivity contribution in [1.82, 2.24) is 0 Å². The molecule has 0 spiro atoms. The van der Waals surface area contributed by atoms with E-state index in [-0.39, 0.29) is 11.0 Å². The largest absolute Gasteiger partial charge is 0.390 e. The van der Waals surface area contributed by atoms with Crippen LogP contribution < -0.4 is 0 Å². The van der Waals surface area contributed by atoms with Crippen molar-refractivity contribution in [2.24, 2.45) is 35.0 Å². The molecule has 4 aliphatic carbocycles. The molecule has 4 rings (SSSR count).